The maximum Gasteiger partial charge on any atom is 0.319 e. The smallest absolute Gasteiger partial charge is 0.319 e. The number of carbonyl (C=O) groups is 2. The van der Waals surface area contributed by atoms with E-state index < -0.39 is 0 Å². The molecule has 3 aliphatic carbocycles. The lowest BCUT2D eigenvalue weighted by Crippen LogP contribution is -2.38. The van der Waals surface area contributed by atoms with Gasteiger partial charge in [0.05, 0.1) is 17.6 Å². The third-order valence-electron chi connectivity index (χ3n) is 9.76. The Morgan fingerprint density at radius 2 is 1.24 bits per heavy atom. The third-order valence-corrected chi connectivity index (χ3v) is 9.76. The number of carbonyl (C=O) groups excluding carboxylic acids is 2. The van der Waals surface area contributed by atoms with Crippen molar-refractivity contribution in [2.45, 2.75) is 64.2 Å². The summed E-state index contributed by atoms with van der Waals surface area (Å²) < 4.78 is 0. The molecule has 0 radical (unpaired) electrons. The molecule has 204 valence electrons. The Bertz CT molecular complexity index is 886. The van der Waals surface area contributed by atoms with Crippen molar-refractivity contribution in [3.63, 3.8) is 0 Å². The summed E-state index contributed by atoms with van der Waals surface area (Å²) in [7, 11) is 7.21. The molecule has 37 heavy (non-hydrogen) atoms. The van der Waals surface area contributed by atoms with Crippen LogP contribution in [-0.2, 0) is 0 Å². The average Bonchev–Trinajstić information content (AvgIpc) is 3.62. The van der Waals surface area contributed by atoms with E-state index >= 15 is 0 Å². The first kappa shape index (κ1) is 27.6. The van der Waals surface area contributed by atoms with E-state index in [1.54, 1.807) is 23.9 Å². The lowest BCUT2D eigenvalue weighted by molar-refractivity contribution is 0.171. The highest BCUT2D eigenvalue weighted by atomic mass is 16.2. The quantitative estimate of drug-likeness (QED) is 0.541. The van der Waals surface area contributed by atoms with Gasteiger partial charge in [-0.25, -0.2) is 9.59 Å². The van der Waals surface area contributed by atoms with Crippen molar-refractivity contribution in [3.05, 3.63) is 0 Å². The predicted octanol–water partition coefficient (Wildman–Crippen LogP) is 4.64. The maximum absolute atomic E-state index is 12.1. The second kappa shape index (κ2) is 11.5. The monoisotopic (exact) mass is 510 g/mol. The molecule has 0 aromatic rings. The first-order valence-electron chi connectivity index (χ1n) is 14.4. The standard InChI is InChI=1S/C18H29N3O.C11H17N3O/c1-20(2)17(22)21-11-15-9-18(13-19,10-16(15)12-21)8-14-6-4-3-5-7-14;1-13(2)11(15)14-6-9-3-8(5-12)4-10(9)7-14/h14-16H,3-12H2,1-2H3;8-10H,3-4,6-7H2,1-2H3. The Hall–Kier alpha value is -2.48. The molecule has 4 amide bonds. The van der Waals surface area contributed by atoms with Gasteiger partial charge in [-0.3, -0.25) is 0 Å². The summed E-state index contributed by atoms with van der Waals surface area (Å²) in [5.74, 6) is 3.24. The first-order valence-corrected chi connectivity index (χ1v) is 14.4. The maximum atomic E-state index is 12.1. The van der Waals surface area contributed by atoms with E-state index in [-0.39, 0.29) is 23.4 Å². The van der Waals surface area contributed by atoms with E-state index in [9.17, 15) is 14.9 Å². The molecule has 3 saturated carbocycles. The average molecular weight is 511 g/mol. The van der Waals surface area contributed by atoms with Crippen LogP contribution >= 0.6 is 0 Å². The van der Waals surface area contributed by atoms with E-state index in [1.165, 1.54) is 32.1 Å². The van der Waals surface area contributed by atoms with Crippen LogP contribution < -0.4 is 0 Å². The van der Waals surface area contributed by atoms with Crippen molar-refractivity contribution >= 4 is 12.1 Å². The number of fused-ring (bicyclic) bond motifs is 2. The number of likely N-dealkylation sites (tertiary alicyclic amines) is 2. The van der Waals surface area contributed by atoms with Crippen LogP contribution in [0.1, 0.15) is 64.2 Å². The molecular formula is C29H46N6O2. The third kappa shape index (κ3) is 6.16. The molecule has 5 fully saturated rings. The summed E-state index contributed by atoms with van der Waals surface area (Å²) in [5, 5.41) is 18.7. The number of hydrogen-bond donors (Lipinski definition) is 0. The zero-order valence-electron chi connectivity index (χ0n) is 23.4. The van der Waals surface area contributed by atoms with E-state index in [4.69, 9.17) is 5.26 Å². The molecule has 0 N–H and O–H groups in total. The highest BCUT2D eigenvalue weighted by molar-refractivity contribution is 5.74. The predicted molar refractivity (Wildman–Crippen MR) is 142 cm³/mol. The molecular weight excluding hydrogens is 464 g/mol. The van der Waals surface area contributed by atoms with Crippen molar-refractivity contribution in [3.8, 4) is 12.1 Å². The van der Waals surface area contributed by atoms with Crippen molar-refractivity contribution in [2.75, 3.05) is 54.4 Å². The Morgan fingerprint density at radius 1 is 0.784 bits per heavy atom. The number of nitriles is 2. The molecule has 8 heteroatoms. The number of rotatable bonds is 2. The highest BCUT2D eigenvalue weighted by Crippen LogP contribution is 2.53. The van der Waals surface area contributed by atoms with Gasteiger partial charge in [0.2, 0.25) is 0 Å². The van der Waals surface area contributed by atoms with Crippen LogP contribution in [0.25, 0.3) is 0 Å². The van der Waals surface area contributed by atoms with E-state index in [0.717, 1.165) is 64.2 Å². The summed E-state index contributed by atoms with van der Waals surface area (Å²) in [5.41, 5.74) is -0.0927. The SMILES string of the molecule is CN(C)C(=O)N1CC2CC(C#N)(CC3CCCCC3)CC2C1.CN(C)C(=O)N1CC2CC(C#N)CC2C1. The Morgan fingerprint density at radius 3 is 1.65 bits per heavy atom. The molecule has 4 unspecified atom stereocenters. The van der Waals surface area contributed by atoms with Gasteiger partial charge in [0, 0.05) is 60.3 Å². The van der Waals surface area contributed by atoms with Gasteiger partial charge in [0.15, 0.2) is 0 Å². The Kier molecular flexibility index (Phi) is 8.56. The number of amides is 4. The number of nitrogens with zero attached hydrogens (tertiary/aromatic N) is 6. The van der Waals surface area contributed by atoms with Crippen LogP contribution in [0.15, 0.2) is 0 Å². The van der Waals surface area contributed by atoms with Crippen LogP contribution in [0.3, 0.4) is 0 Å². The van der Waals surface area contributed by atoms with Crippen LogP contribution in [0, 0.1) is 63.6 Å². The normalized spacial score (nSPS) is 34.6. The second-order valence-electron chi connectivity index (χ2n) is 13.0. The number of urea groups is 2. The van der Waals surface area contributed by atoms with Crippen molar-refractivity contribution in [2.24, 2.45) is 40.9 Å². The largest absolute Gasteiger partial charge is 0.331 e. The first-order chi connectivity index (χ1) is 17.6. The van der Waals surface area contributed by atoms with Crippen molar-refractivity contribution in [1.29, 1.82) is 10.5 Å². The van der Waals surface area contributed by atoms with Crippen LogP contribution in [-0.4, -0.2) is 86.0 Å². The van der Waals surface area contributed by atoms with Gasteiger partial charge >= 0.3 is 12.1 Å². The summed E-state index contributed by atoms with van der Waals surface area (Å²) in [6.07, 6.45) is 11.8. The molecule has 0 bridgehead atoms. The van der Waals surface area contributed by atoms with E-state index in [2.05, 4.69) is 12.1 Å². The van der Waals surface area contributed by atoms with Crippen molar-refractivity contribution < 1.29 is 9.59 Å². The van der Waals surface area contributed by atoms with Gasteiger partial charge < -0.3 is 19.6 Å². The molecule has 0 aromatic carbocycles. The summed E-state index contributed by atoms with van der Waals surface area (Å²) in [6, 6.07) is 5.29. The molecule has 2 aliphatic heterocycles. The van der Waals surface area contributed by atoms with Crippen molar-refractivity contribution in [1.82, 2.24) is 19.6 Å². The molecule has 2 saturated heterocycles. The Labute approximate surface area is 223 Å². The lowest BCUT2D eigenvalue weighted by Gasteiger charge is -2.31. The summed E-state index contributed by atoms with van der Waals surface area (Å²) in [4.78, 5) is 31.0. The molecule has 5 aliphatic rings. The molecule has 8 nitrogen and oxygen atoms in total. The summed E-state index contributed by atoms with van der Waals surface area (Å²) in [6.45, 7) is 3.41. The van der Waals surface area contributed by atoms with E-state index in [1.807, 2.05) is 23.9 Å². The summed E-state index contributed by atoms with van der Waals surface area (Å²) >= 11 is 0. The van der Waals surface area contributed by atoms with Crippen LogP contribution in [0.4, 0.5) is 9.59 Å². The zero-order valence-corrected chi connectivity index (χ0v) is 23.4. The van der Waals surface area contributed by atoms with Gasteiger partial charge in [0.1, 0.15) is 0 Å². The highest BCUT2D eigenvalue weighted by Gasteiger charge is 2.51. The van der Waals surface area contributed by atoms with Crippen LogP contribution in [0.2, 0.25) is 0 Å². The molecule has 0 aromatic heterocycles. The zero-order chi connectivity index (χ0) is 26.7. The fourth-order valence-electron chi connectivity index (χ4n) is 8.02. The minimum Gasteiger partial charge on any atom is -0.331 e. The minimum absolute atomic E-state index is 0.0927. The van der Waals surface area contributed by atoms with Gasteiger partial charge in [-0.05, 0) is 61.7 Å². The van der Waals surface area contributed by atoms with Gasteiger partial charge in [-0.15, -0.1) is 0 Å². The van der Waals surface area contributed by atoms with E-state index in [0.29, 0.717) is 23.7 Å². The van der Waals surface area contributed by atoms with Gasteiger partial charge in [-0.1, -0.05) is 32.1 Å². The van der Waals surface area contributed by atoms with Gasteiger partial charge in [-0.2, -0.15) is 10.5 Å². The van der Waals surface area contributed by atoms with Gasteiger partial charge in [0.25, 0.3) is 0 Å². The lowest BCUT2D eigenvalue weighted by atomic mass is 9.73. The fraction of sp³-hybridized carbons (Fsp3) is 0.862. The fourth-order valence-corrected chi connectivity index (χ4v) is 8.02. The molecule has 5 rings (SSSR count). The second-order valence-corrected chi connectivity index (χ2v) is 13.0. The molecule has 4 atom stereocenters. The van der Waals surface area contributed by atoms with Crippen LogP contribution in [0.5, 0.6) is 0 Å². The minimum atomic E-state index is -0.0927. The number of hydrogen-bond acceptors (Lipinski definition) is 4. The topological polar surface area (TPSA) is 94.7 Å². The Balaban J connectivity index is 0.000000186. The molecule has 0 spiro atoms. The molecule has 2 heterocycles.